The summed E-state index contributed by atoms with van der Waals surface area (Å²) in [6, 6.07) is 0. The average molecular weight is 371 g/mol. The molecule has 0 aromatic carbocycles. The Hall–Kier alpha value is -1.18. The van der Waals surface area contributed by atoms with Crippen molar-refractivity contribution in [2.75, 3.05) is 11.9 Å². The number of nitrogens with one attached hydrogen (secondary N) is 1. The zero-order chi connectivity index (χ0) is 14.0. The third-order valence-corrected chi connectivity index (χ3v) is 3.85. The van der Waals surface area contributed by atoms with Crippen molar-refractivity contribution in [3.63, 3.8) is 0 Å². The second kappa shape index (κ2) is 5.85. The Bertz CT molecular complexity index is 576. The molecule has 0 radical (unpaired) electrons. The number of rotatable bonds is 4. The topological polar surface area (TPSA) is 55.6 Å². The Labute approximate surface area is 127 Å². The molecule has 6 heteroatoms. The number of hydrogen-bond acceptors (Lipinski definition) is 4. The summed E-state index contributed by atoms with van der Waals surface area (Å²) in [5, 5.41) is 3.30. The third-order valence-electron chi connectivity index (χ3n) is 2.79. The molecule has 0 amide bonds. The molecule has 2 aromatic heterocycles. The first-order valence-corrected chi connectivity index (χ1v) is 7.41. The molecule has 2 rings (SSSR count). The largest absolute Gasteiger partial charge is 0.369 e. The van der Waals surface area contributed by atoms with Crippen LogP contribution < -0.4 is 5.32 Å². The molecule has 0 saturated heterocycles. The monoisotopic (exact) mass is 371 g/mol. The van der Waals surface area contributed by atoms with Crippen molar-refractivity contribution in [2.24, 2.45) is 7.05 Å². The van der Waals surface area contributed by atoms with Gasteiger partial charge in [0, 0.05) is 26.0 Å². The van der Waals surface area contributed by atoms with Gasteiger partial charge in [0.1, 0.15) is 5.82 Å². The number of imidazole rings is 1. The van der Waals surface area contributed by atoms with Gasteiger partial charge in [-0.1, -0.05) is 13.8 Å². The Morgan fingerprint density at radius 2 is 2.11 bits per heavy atom. The molecular formula is C13H18IN5. The molecule has 102 valence electrons. The summed E-state index contributed by atoms with van der Waals surface area (Å²) in [7, 11) is 1.95. The molecule has 5 nitrogen and oxygen atoms in total. The summed E-state index contributed by atoms with van der Waals surface area (Å²) < 4.78 is 3.02. The van der Waals surface area contributed by atoms with E-state index in [0.717, 1.165) is 27.5 Å². The summed E-state index contributed by atoms with van der Waals surface area (Å²) in [4.78, 5) is 13.6. The molecule has 0 unspecified atom stereocenters. The summed E-state index contributed by atoms with van der Waals surface area (Å²) in [5.74, 6) is 2.70. The lowest BCUT2D eigenvalue weighted by molar-refractivity contribution is 0.801. The van der Waals surface area contributed by atoms with Gasteiger partial charge in [-0.05, 0) is 35.4 Å². The van der Waals surface area contributed by atoms with E-state index in [2.05, 4.69) is 63.6 Å². The highest BCUT2D eigenvalue weighted by Gasteiger charge is 2.17. The molecule has 0 fully saturated rings. The van der Waals surface area contributed by atoms with Gasteiger partial charge in [0.15, 0.2) is 11.6 Å². The molecule has 2 heterocycles. The van der Waals surface area contributed by atoms with Crippen LogP contribution in [0.25, 0.3) is 11.6 Å². The molecular weight excluding hydrogens is 353 g/mol. The van der Waals surface area contributed by atoms with Crippen molar-refractivity contribution >= 4 is 28.4 Å². The molecule has 0 aliphatic heterocycles. The van der Waals surface area contributed by atoms with Gasteiger partial charge in [-0.15, -0.1) is 0 Å². The fourth-order valence-corrected chi connectivity index (χ4v) is 2.87. The maximum absolute atomic E-state index is 4.68. The fourth-order valence-electron chi connectivity index (χ4n) is 1.81. The zero-order valence-electron chi connectivity index (χ0n) is 11.6. The second-order valence-corrected chi connectivity index (χ2v) is 5.72. The van der Waals surface area contributed by atoms with E-state index in [1.807, 2.05) is 17.8 Å². The Balaban J connectivity index is 2.59. The van der Waals surface area contributed by atoms with E-state index in [4.69, 9.17) is 0 Å². The highest BCUT2D eigenvalue weighted by Crippen LogP contribution is 2.27. The first kappa shape index (κ1) is 14.2. The second-order valence-electron chi connectivity index (χ2n) is 4.64. The van der Waals surface area contributed by atoms with Crippen LogP contribution in [0.2, 0.25) is 0 Å². The highest BCUT2D eigenvalue weighted by atomic mass is 127. The molecule has 1 N–H and O–H groups in total. The molecule has 0 spiro atoms. The first-order valence-electron chi connectivity index (χ1n) is 6.33. The Morgan fingerprint density at radius 3 is 2.63 bits per heavy atom. The van der Waals surface area contributed by atoms with Crippen LogP contribution in [0.1, 0.15) is 32.4 Å². The van der Waals surface area contributed by atoms with Crippen LogP contribution in [0.4, 0.5) is 5.82 Å². The van der Waals surface area contributed by atoms with Gasteiger partial charge in [-0.2, -0.15) is 0 Å². The van der Waals surface area contributed by atoms with Gasteiger partial charge in [0.05, 0.1) is 9.26 Å². The van der Waals surface area contributed by atoms with Crippen molar-refractivity contribution in [3.05, 3.63) is 21.7 Å². The van der Waals surface area contributed by atoms with Crippen LogP contribution in [0, 0.1) is 3.57 Å². The minimum absolute atomic E-state index is 0.353. The smallest absolute Gasteiger partial charge is 0.198 e. The summed E-state index contributed by atoms with van der Waals surface area (Å²) in [6.07, 6.45) is 3.66. The predicted octanol–water partition coefficient (Wildman–Crippen LogP) is 3.04. The van der Waals surface area contributed by atoms with E-state index in [0.29, 0.717) is 11.7 Å². The number of aryl methyl sites for hydroxylation is 1. The van der Waals surface area contributed by atoms with Gasteiger partial charge < -0.3 is 9.88 Å². The zero-order valence-corrected chi connectivity index (χ0v) is 13.8. The van der Waals surface area contributed by atoms with Crippen molar-refractivity contribution in [1.29, 1.82) is 0 Å². The molecule has 0 atom stereocenters. The van der Waals surface area contributed by atoms with Crippen molar-refractivity contribution in [3.8, 4) is 11.6 Å². The Morgan fingerprint density at radius 1 is 1.37 bits per heavy atom. The van der Waals surface area contributed by atoms with Gasteiger partial charge in [0.25, 0.3) is 0 Å². The minimum Gasteiger partial charge on any atom is -0.369 e. The summed E-state index contributed by atoms with van der Waals surface area (Å²) in [6.45, 7) is 7.18. The van der Waals surface area contributed by atoms with E-state index in [1.165, 1.54) is 0 Å². The molecule has 0 aliphatic rings. The highest BCUT2D eigenvalue weighted by molar-refractivity contribution is 14.1. The van der Waals surface area contributed by atoms with Gasteiger partial charge in [0.2, 0.25) is 0 Å². The lowest BCUT2D eigenvalue weighted by atomic mass is 10.1. The van der Waals surface area contributed by atoms with E-state index in [9.17, 15) is 0 Å². The van der Waals surface area contributed by atoms with Gasteiger partial charge >= 0.3 is 0 Å². The number of halogens is 1. The third kappa shape index (κ3) is 2.88. The van der Waals surface area contributed by atoms with Crippen LogP contribution in [-0.2, 0) is 7.05 Å². The van der Waals surface area contributed by atoms with Gasteiger partial charge in [-0.25, -0.2) is 15.0 Å². The summed E-state index contributed by atoms with van der Waals surface area (Å²) in [5.41, 5.74) is 1.06. The number of hydrogen-bond donors (Lipinski definition) is 1. The maximum Gasteiger partial charge on any atom is 0.198 e. The van der Waals surface area contributed by atoms with Crippen LogP contribution >= 0.6 is 22.6 Å². The van der Waals surface area contributed by atoms with Crippen molar-refractivity contribution in [1.82, 2.24) is 19.5 Å². The molecule has 2 aromatic rings. The van der Waals surface area contributed by atoms with E-state index >= 15 is 0 Å². The van der Waals surface area contributed by atoms with Crippen LogP contribution in [0.15, 0.2) is 12.4 Å². The standard InChI is InChI=1S/C13H18IN5/c1-5-15-11-9(14)10(8(2)3)17-12(18-11)13-16-6-7-19(13)4/h6-8H,5H2,1-4H3,(H,15,17,18). The van der Waals surface area contributed by atoms with Gasteiger partial charge in [-0.3, -0.25) is 0 Å². The van der Waals surface area contributed by atoms with E-state index < -0.39 is 0 Å². The lowest BCUT2D eigenvalue weighted by Crippen LogP contribution is -2.10. The quantitative estimate of drug-likeness (QED) is 0.840. The molecule has 19 heavy (non-hydrogen) atoms. The maximum atomic E-state index is 4.68. The lowest BCUT2D eigenvalue weighted by Gasteiger charge is -2.14. The molecule has 0 bridgehead atoms. The predicted molar refractivity (Wildman–Crippen MR) is 85.2 cm³/mol. The number of nitrogens with zero attached hydrogens (tertiary/aromatic N) is 4. The molecule has 0 saturated carbocycles. The van der Waals surface area contributed by atoms with E-state index in [-0.39, 0.29) is 0 Å². The SMILES string of the molecule is CCNc1nc(-c2nccn2C)nc(C(C)C)c1I. The Kier molecular flexibility index (Phi) is 4.38. The molecule has 0 aliphatic carbocycles. The minimum atomic E-state index is 0.353. The average Bonchev–Trinajstić information content (AvgIpc) is 2.78. The van der Waals surface area contributed by atoms with Crippen LogP contribution in [-0.4, -0.2) is 26.1 Å². The normalized spacial score (nSPS) is 11.1. The first-order chi connectivity index (χ1) is 9.04. The number of anilines is 1. The summed E-state index contributed by atoms with van der Waals surface area (Å²) >= 11 is 2.31. The number of aromatic nitrogens is 4. The van der Waals surface area contributed by atoms with Crippen LogP contribution in [0.5, 0.6) is 0 Å². The van der Waals surface area contributed by atoms with Crippen molar-refractivity contribution in [2.45, 2.75) is 26.7 Å². The van der Waals surface area contributed by atoms with Crippen LogP contribution in [0.3, 0.4) is 0 Å². The van der Waals surface area contributed by atoms with Crippen molar-refractivity contribution < 1.29 is 0 Å². The fraction of sp³-hybridized carbons (Fsp3) is 0.462. The van der Waals surface area contributed by atoms with E-state index in [1.54, 1.807) is 6.20 Å².